The normalized spacial score (nSPS) is 24.8. The van der Waals surface area contributed by atoms with Gasteiger partial charge < -0.3 is 0 Å². The van der Waals surface area contributed by atoms with Crippen molar-refractivity contribution in [1.82, 2.24) is 14.4 Å². The molecule has 1 fully saturated rings. The van der Waals surface area contributed by atoms with Gasteiger partial charge in [-0.2, -0.15) is 0 Å². The van der Waals surface area contributed by atoms with Crippen LogP contribution in [-0.2, 0) is 16.2 Å². The summed E-state index contributed by atoms with van der Waals surface area (Å²) in [4.78, 5) is 10.7. The minimum atomic E-state index is -0.0775. The van der Waals surface area contributed by atoms with Crippen LogP contribution in [0.2, 0.25) is 0 Å². The maximum absolute atomic E-state index is 5.34. The lowest BCUT2D eigenvalue weighted by atomic mass is 9.82. The maximum atomic E-state index is 5.34. The summed E-state index contributed by atoms with van der Waals surface area (Å²) in [5.74, 6) is 2.61. The van der Waals surface area contributed by atoms with Crippen molar-refractivity contribution in [1.29, 1.82) is 0 Å². The molecular weight excluding hydrogens is 402 g/mol. The van der Waals surface area contributed by atoms with Crippen LogP contribution in [0.4, 0.5) is 0 Å². The molecule has 2 heterocycles. The molecule has 170 valence electrons. The van der Waals surface area contributed by atoms with Gasteiger partial charge >= 0.3 is 0 Å². The fourth-order valence-corrected chi connectivity index (χ4v) is 7.75. The summed E-state index contributed by atoms with van der Waals surface area (Å²) in [6, 6.07) is 9.70. The topological polar surface area (TPSA) is 30.2 Å². The summed E-state index contributed by atoms with van der Waals surface area (Å²) >= 11 is 0. The van der Waals surface area contributed by atoms with E-state index in [1.807, 2.05) is 0 Å². The molecule has 3 heteroatoms. The molecule has 7 rings (SSSR count). The molecule has 0 radical (unpaired) electrons. The zero-order valence-corrected chi connectivity index (χ0v) is 21.1. The largest absolute Gasteiger partial charge is 0.279 e. The highest BCUT2D eigenvalue weighted by molar-refractivity contribution is 5.98. The molecule has 2 aromatic carbocycles. The van der Waals surface area contributed by atoms with Crippen molar-refractivity contribution in [2.45, 2.75) is 102 Å². The van der Waals surface area contributed by atoms with Gasteiger partial charge in [-0.25, -0.2) is 9.97 Å². The molecule has 3 aliphatic carbocycles. The van der Waals surface area contributed by atoms with Gasteiger partial charge in [-0.15, -0.1) is 0 Å². The zero-order valence-electron chi connectivity index (χ0n) is 21.1. The highest BCUT2D eigenvalue weighted by Gasteiger charge is 2.43. The molecule has 2 aromatic heterocycles. The molecule has 3 aliphatic rings. The number of aromatic nitrogens is 3. The highest BCUT2D eigenvalue weighted by atomic mass is 15.1. The molecule has 2 atom stereocenters. The molecule has 2 bridgehead atoms. The van der Waals surface area contributed by atoms with E-state index in [1.54, 1.807) is 11.1 Å². The van der Waals surface area contributed by atoms with Crippen molar-refractivity contribution in [3.63, 3.8) is 0 Å². The van der Waals surface area contributed by atoms with E-state index in [1.165, 1.54) is 47.7 Å². The SMILES string of the molecule is CC(C)(C)c1nc2cc3c(cc2c2nc4cc5c(cc4n12)C(C)(C)CC5(C)C)C1CCC3C1. The van der Waals surface area contributed by atoms with Crippen molar-refractivity contribution in [2.24, 2.45) is 0 Å². The predicted octanol–water partition coefficient (Wildman–Crippen LogP) is 7.66. The molecule has 4 aromatic rings. The van der Waals surface area contributed by atoms with Crippen LogP contribution in [0.3, 0.4) is 0 Å². The van der Waals surface area contributed by atoms with E-state index >= 15 is 0 Å². The van der Waals surface area contributed by atoms with E-state index in [4.69, 9.17) is 9.97 Å². The van der Waals surface area contributed by atoms with Crippen LogP contribution in [0.25, 0.3) is 27.6 Å². The number of hydrogen-bond acceptors (Lipinski definition) is 2. The van der Waals surface area contributed by atoms with E-state index in [0.29, 0.717) is 0 Å². The smallest absolute Gasteiger partial charge is 0.148 e. The van der Waals surface area contributed by atoms with Crippen molar-refractivity contribution < 1.29 is 0 Å². The molecule has 0 spiro atoms. The third kappa shape index (κ3) is 2.52. The molecule has 0 aliphatic heterocycles. The predicted molar refractivity (Wildman–Crippen MR) is 137 cm³/mol. The van der Waals surface area contributed by atoms with Gasteiger partial charge in [0.2, 0.25) is 0 Å². The first-order valence-electron chi connectivity index (χ1n) is 12.8. The van der Waals surface area contributed by atoms with Crippen molar-refractivity contribution in [2.75, 3.05) is 0 Å². The van der Waals surface area contributed by atoms with Gasteiger partial charge in [0.25, 0.3) is 0 Å². The van der Waals surface area contributed by atoms with Gasteiger partial charge in [-0.05, 0) is 94.9 Å². The van der Waals surface area contributed by atoms with E-state index < -0.39 is 0 Å². The number of fused-ring (bicyclic) bond motifs is 11. The first kappa shape index (κ1) is 20.0. The molecule has 0 N–H and O–H groups in total. The standard InChI is InChI=1S/C30H35N3/c1-28(2,3)27-32-23-12-19-17-9-8-16(10-17)18(19)11-20(23)26-31-24-13-21-22(14-25(24)33(26)27)30(6,7)15-29(21,4)5/h11-14,16-17H,8-10,15H2,1-7H3. The fourth-order valence-electron chi connectivity index (χ4n) is 7.75. The van der Waals surface area contributed by atoms with Gasteiger partial charge in [0.05, 0.1) is 16.6 Å². The number of nitrogens with zero attached hydrogens (tertiary/aromatic N) is 3. The van der Waals surface area contributed by atoms with Gasteiger partial charge in [0.15, 0.2) is 0 Å². The lowest BCUT2D eigenvalue weighted by molar-refractivity contribution is 0.403. The zero-order chi connectivity index (χ0) is 23.1. The van der Waals surface area contributed by atoms with Gasteiger partial charge in [-0.1, -0.05) is 48.5 Å². The van der Waals surface area contributed by atoms with Crippen molar-refractivity contribution in [3.05, 3.63) is 52.3 Å². The summed E-state index contributed by atoms with van der Waals surface area (Å²) in [6.45, 7) is 16.4. The van der Waals surface area contributed by atoms with Crippen LogP contribution in [0.15, 0.2) is 24.3 Å². The minimum Gasteiger partial charge on any atom is -0.279 e. The Hall–Kier alpha value is -2.42. The highest BCUT2D eigenvalue weighted by Crippen LogP contribution is 2.54. The Balaban J connectivity index is 1.63. The molecule has 2 unspecified atom stereocenters. The quantitative estimate of drug-likeness (QED) is 0.283. The Labute approximate surface area is 196 Å². The van der Waals surface area contributed by atoms with Crippen LogP contribution in [0.1, 0.15) is 114 Å². The second-order valence-electron chi connectivity index (χ2n) is 13.5. The minimum absolute atomic E-state index is 0.0775. The second kappa shape index (κ2) is 5.79. The second-order valence-corrected chi connectivity index (χ2v) is 13.5. The lowest BCUT2D eigenvalue weighted by Gasteiger charge is -2.23. The first-order chi connectivity index (χ1) is 15.4. The Morgan fingerprint density at radius 3 is 2.12 bits per heavy atom. The average Bonchev–Trinajstić information content (AvgIpc) is 3.45. The van der Waals surface area contributed by atoms with E-state index in [-0.39, 0.29) is 16.2 Å². The van der Waals surface area contributed by atoms with Crippen LogP contribution in [0.5, 0.6) is 0 Å². The van der Waals surface area contributed by atoms with E-state index in [9.17, 15) is 0 Å². The maximum Gasteiger partial charge on any atom is 0.148 e. The van der Waals surface area contributed by atoms with Gasteiger partial charge in [-0.3, -0.25) is 4.40 Å². The fraction of sp³-hybridized carbons (Fsp3) is 0.533. The van der Waals surface area contributed by atoms with Crippen molar-refractivity contribution in [3.8, 4) is 0 Å². The van der Waals surface area contributed by atoms with Crippen LogP contribution in [0, 0.1) is 0 Å². The monoisotopic (exact) mass is 437 g/mol. The van der Waals surface area contributed by atoms with E-state index in [0.717, 1.165) is 34.3 Å². The molecule has 3 nitrogen and oxygen atoms in total. The summed E-state index contributed by atoms with van der Waals surface area (Å²) in [6.07, 6.45) is 5.20. The summed E-state index contributed by atoms with van der Waals surface area (Å²) < 4.78 is 2.39. The molecular formula is C30H35N3. The van der Waals surface area contributed by atoms with Crippen molar-refractivity contribution >= 4 is 27.6 Å². The summed E-state index contributed by atoms with van der Waals surface area (Å²) in [7, 11) is 0. The Morgan fingerprint density at radius 2 is 1.45 bits per heavy atom. The average molecular weight is 438 g/mol. The molecule has 0 saturated heterocycles. The Bertz CT molecular complexity index is 1510. The summed E-state index contributed by atoms with van der Waals surface area (Å²) in [5, 5.41) is 1.23. The Morgan fingerprint density at radius 1 is 0.818 bits per heavy atom. The van der Waals surface area contributed by atoms with Crippen LogP contribution < -0.4 is 0 Å². The third-order valence-corrected chi connectivity index (χ3v) is 9.00. The molecule has 0 amide bonds. The summed E-state index contributed by atoms with van der Waals surface area (Å²) in [5.41, 5.74) is 10.9. The first-order valence-corrected chi connectivity index (χ1v) is 12.8. The van der Waals surface area contributed by atoms with E-state index in [2.05, 4.69) is 77.1 Å². The molecule has 1 saturated carbocycles. The van der Waals surface area contributed by atoms with Crippen LogP contribution in [-0.4, -0.2) is 14.4 Å². The number of rotatable bonds is 0. The third-order valence-electron chi connectivity index (χ3n) is 9.00. The lowest BCUT2D eigenvalue weighted by Crippen LogP contribution is -2.19. The van der Waals surface area contributed by atoms with Crippen LogP contribution >= 0.6 is 0 Å². The molecule has 33 heavy (non-hydrogen) atoms. The Kier molecular flexibility index (Phi) is 3.51. The number of imidazole rings is 1. The number of benzene rings is 2. The number of hydrogen-bond donors (Lipinski definition) is 0. The van der Waals surface area contributed by atoms with Gasteiger partial charge in [0, 0.05) is 10.8 Å². The van der Waals surface area contributed by atoms with Gasteiger partial charge in [0.1, 0.15) is 11.5 Å².